The largest absolute Gasteiger partial charge is 0.497 e. The van der Waals surface area contributed by atoms with Crippen LogP contribution in [0.5, 0.6) is 11.5 Å². The molecular weight excluding hydrogens is 414 g/mol. The van der Waals surface area contributed by atoms with Crippen molar-refractivity contribution in [1.82, 2.24) is 4.98 Å². The van der Waals surface area contributed by atoms with Crippen LogP contribution in [0.2, 0.25) is 0 Å². The molecule has 9 heteroatoms. The summed E-state index contributed by atoms with van der Waals surface area (Å²) in [4.78, 5) is 17.0. The number of hydrogen-bond acceptors (Lipinski definition) is 6. The van der Waals surface area contributed by atoms with Gasteiger partial charge < -0.3 is 13.9 Å². The van der Waals surface area contributed by atoms with Crippen LogP contribution in [0.3, 0.4) is 0 Å². The van der Waals surface area contributed by atoms with E-state index in [2.05, 4.69) is 15.0 Å². The summed E-state index contributed by atoms with van der Waals surface area (Å²) in [5.74, 6) is 0.377. The molecule has 1 amide bonds. The minimum absolute atomic E-state index is 0.0118. The van der Waals surface area contributed by atoms with E-state index in [4.69, 9.17) is 9.15 Å². The van der Waals surface area contributed by atoms with Gasteiger partial charge in [0.1, 0.15) is 17.1 Å². The molecule has 0 radical (unpaired) electrons. The van der Waals surface area contributed by atoms with Crippen molar-refractivity contribution >= 4 is 33.3 Å². The number of aromatic nitrogens is 1. The Labute approximate surface area is 174 Å². The van der Waals surface area contributed by atoms with Gasteiger partial charge in [-0.15, -0.1) is 11.3 Å². The zero-order chi connectivity index (χ0) is 21.3. The standard InChI is InChI=1S/C21H16F2N2O4S/c1-11-14-9-12(27-2)7-8-17(14)28-18(11)19(26)25-21-24-15(10-30-21)13-5-3-4-6-16(13)29-20(22)23/h3-10,20H,1-2H3,(H,24,25,26). The monoisotopic (exact) mass is 430 g/mol. The van der Waals surface area contributed by atoms with Crippen molar-refractivity contribution in [2.75, 3.05) is 12.4 Å². The second-order valence-electron chi connectivity index (χ2n) is 6.28. The van der Waals surface area contributed by atoms with E-state index in [0.29, 0.717) is 33.3 Å². The first kappa shape index (κ1) is 19.8. The van der Waals surface area contributed by atoms with Crippen molar-refractivity contribution < 1.29 is 27.5 Å². The van der Waals surface area contributed by atoms with E-state index in [-0.39, 0.29) is 11.5 Å². The number of benzene rings is 2. The van der Waals surface area contributed by atoms with E-state index in [1.165, 1.54) is 17.4 Å². The first-order valence-corrected chi connectivity index (χ1v) is 9.72. The quantitative estimate of drug-likeness (QED) is 0.423. The number of fused-ring (bicyclic) bond motifs is 1. The number of nitrogens with one attached hydrogen (secondary N) is 1. The number of thiazole rings is 1. The minimum Gasteiger partial charge on any atom is -0.497 e. The maximum absolute atomic E-state index is 12.7. The maximum atomic E-state index is 12.7. The van der Waals surface area contributed by atoms with Crippen molar-refractivity contribution in [1.29, 1.82) is 0 Å². The number of nitrogens with zero attached hydrogens (tertiary/aromatic N) is 1. The van der Waals surface area contributed by atoms with Crippen LogP contribution in [0.1, 0.15) is 16.1 Å². The van der Waals surface area contributed by atoms with Crippen LogP contribution >= 0.6 is 11.3 Å². The van der Waals surface area contributed by atoms with Gasteiger partial charge in [-0.1, -0.05) is 12.1 Å². The lowest BCUT2D eigenvalue weighted by Gasteiger charge is -2.08. The van der Waals surface area contributed by atoms with Crippen molar-refractivity contribution in [3.05, 3.63) is 59.2 Å². The molecule has 0 aliphatic carbocycles. The SMILES string of the molecule is COc1ccc2oc(C(=O)Nc3nc(-c4ccccc4OC(F)F)cs3)c(C)c2c1. The number of furan rings is 1. The molecule has 30 heavy (non-hydrogen) atoms. The average molecular weight is 430 g/mol. The fourth-order valence-corrected chi connectivity index (χ4v) is 3.73. The zero-order valence-electron chi connectivity index (χ0n) is 15.9. The van der Waals surface area contributed by atoms with Crippen LogP contribution in [0.15, 0.2) is 52.3 Å². The summed E-state index contributed by atoms with van der Waals surface area (Å²) in [6, 6.07) is 11.6. The Morgan fingerprint density at radius 1 is 1.23 bits per heavy atom. The molecule has 0 bridgehead atoms. The Bertz CT molecular complexity index is 1220. The van der Waals surface area contributed by atoms with Crippen LogP contribution in [0.25, 0.3) is 22.2 Å². The van der Waals surface area contributed by atoms with E-state index in [1.54, 1.807) is 55.8 Å². The highest BCUT2D eigenvalue weighted by Crippen LogP contribution is 2.34. The number of halogens is 2. The van der Waals surface area contributed by atoms with E-state index in [1.807, 2.05) is 0 Å². The highest BCUT2D eigenvalue weighted by atomic mass is 32.1. The summed E-state index contributed by atoms with van der Waals surface area (Å²) in [6.45, 7) is -1.16. The molecule has 1 N–H and O–H groups in total. The fraction of sp³-hybridized carbons (Fsp3) is 0.143. The van der Waals surface area contributed by atoms with Gasteiger partial charge >= 0.3 is 6.61 Å². The molecule has 6 nitrogen and oxygen atoms in total. The van der Waals surface area contributed by atoms with E-state index in [0.717, 1.165) is 5.39 Å². The number of aryl methyl sites for hydroxylation is 1. The summed E-state index contributed by atoms with van der Waals surface area (Å²) in [5, 5.41) is 5.43. The lowest BCUT2D eigenvalue weighted by Crippen LogP contribution is -2.11. The van der Waals surface area contributed by atoms with Gasteiger partial charge in [-0.2, -0.15) is 8.78 Å². The summed E-state index contributed by atoms with van der Waals surface area (Å²) < 4.78 is 40.7. The predicted molar refractivity (Wildman–Crippen MR) is 110 cm³/mol. The van der Waals surface area contributed by atoms with Crippen molar-refractivity contribution in [2.24, 2.45) is 0 Å². The van der Waals surface area contributed by atoms with E-state index < -0.39 is 12.5 Å². The summed E-state index contributed by atoms with van der Waals surface area (Å²) >= 11 is 1.17. The minimum atomic E-state index is -2.95. The van der Waals surface area contributed by atoms with Gasteiger partial charge in [-0.25, -0.2) is 4.98 Å². The van der Waals surface area contributed by atoms with Crippen LogP contribution < -0.4 is 14.8 Å². The molecule has 2 aromatic heterocycles. The van der Waals surface area contributed by atoms with E-state index in [9.17, 15) is 13.6 Å². The Morgan fingerprint density at radius 3 is 2.80 bits per heavy atom. The molecular formula is C21H16F2N2O4S. The topological polar surface area (TPSA) is 73.6 Å². The average Bonchev–Trinajstić information content (AvgIpc) is 3.32. The van der Waals surface area contributed by atoms with Gasteiger partial charge in [-0.3, -0.25) is 10.1 Å². The van der Waals surface area contributed by atoms with Gasteiger partial charge in [0.2, 0.25) is 0 Å². The third kappa shape index (κ3) is 3.84. The Hall–Kier alpha value is -3.46. The molecule has 2 aromatic carbocycles. The van der Waals surface area contributed by atoms with Crippen molar-refractivity contribution in [3.8, 4) is 22.8 Å². The Balaban J connectivity index is 1.58. The molecule has 0 saturated heterocycles. The molecule has 0 fully saturated rings. The molecule has 4 aromatic rings. The smallest absolute Gasteiger partial charge is 0.387 e. The number of alkyl halides is 2. The van der Waals surface area contributed by atoms with Crippen LogP contribution in [0.4, 0.5) is 13.9 Å². The summed E-state index contributed by atoms with van der Waals surface area (Å²) in [5.41, 5.74) is 2.06. The molecule has 4 rings (SSSR count). The normalized spacial score (nSPS) is 11.1. The highest BCUT2D eigenvalue weighted by molar-refractivity contribution is 7.14. The highest BCUT2D eigenvalue weighted by Gasteiger charge is 2.20. The number of carbonyl (C=O) groups excluding carboxylic acids is 1. The van der Waals surface area contributed by atoms with Crippen LogP contribution in [0, 0.1) is 6.92 Å². The number of amides is 1. The number of ether oxygens (including phenoxy) is 2. The number of rotatable bonds is 6. The lowest BCUT2D eigenvalue weighted by molar-refractivity contribution is -0.0494. The van der Waals surface area contributed by atoms with Gasteiger partial charge in [0.25, 0.3) is 5.91 Å². The van der Waals surface area contributed by atoms with Gasteiger partial charge in [-0.05, 0) is 37.3 Å². The van der Waals surface area contributed by atoms with Gasteiger partial charge in [0.15, 0.2) is 10.9 Å². The molecule has 0 spiro atoms. The summed E-state index contributed by atoms with van der Waals surface area (Å²) in [6.07, 6.45) is 0. The number of para-hydroxylation sites is 1. The molecule has 0 atom stereocenters. The fourth-order valence-electron chi connectivity index (χ4n) is 3.03. The van der Waals surface area contributed by atoms with Gasteiger partial charge in [0.05, 0.1) is 12.8 Å². The number of hydrogen-bond donors (Lipinski definition) is 1. The molecule has 0 unspecified atom stereocenters. The molecule has 0 aliphatic rings. The lowest BCUT2D eigenvalue weighted by atomic mass is 10.1. The molecule has 0 aliphatic heterocycles. The van der Waals surface area contributed by atoms with E-state index >= 15 is 0 Å². The molecule has 154 valence electrons. The third-order valence-electron chi connectivity index (χ3n) is 4.45. The predicted octanol–water partition coefficient (Wildman–Crippen LogP) is 5.73. The first-order chi connectivity index (χ1) is 14.5. The third-order valence-corrected chi connectivity index (χ3v) is 5.21. The second-order valence-corrected chi connectivity index (χ2v) is 7.14. The van der Waals surface area contributed by atoms with Crippen molar-refractivity contribution in [2.45, 2.75) is 13.5 Å². The van der Waals surface area contributed by atoms with Gasteiger partial charge in [0, 0.05) is 21.9 Å². The Morgan fingerprint density at radius 2 is 2.03 bits per heavy atom. The summed E-state index contributed by atoms with van der Waals surface area (Å²) in [7, 11) is 1.56. The number of carbonyl (C=O) groups is 1. The zero-order valence-corrected chi connectivity index (χ0v) is 16.8. The van der Waals surface area contributed by atoms with Crippen LogP contribution in [-0.4, -0.2) is 24.6 Å². The first-order valence-electron chi connectivity index (χ1n) is 8.84. The second kappa shape index (κ2) is 8.11. The molecule has 2 heterocycles. The molecule has 0 saturated carbocycles. The number of anilines is 1. The Kier molecular flexibility index (Phi) is 5.37. The maximum Gasteiger partial charge on any atom is 0.387 e. The van der Waals surface area contributed by atoms with Crippen molar-refractivity contribution in [3.63, 3.8) is 0 Å². The number of methoxy groups -OCH3 is 1. The van der Waals surface area contributed by atoms with Crippen LogP contribution in [-0.2, 0) is 0 Å².